The van der Waals surface area contributed by atoms with Gasteiger partial charge in [-0.3, -0.25) is 0 Å². The third-order valence-electron chi connectivity index (χ3n) is 2.71. The van der Waals surface area contributed by atoms with Gasteiger partial charge in [-0.15, -0.1) is 0 Å². The van der Waals surface area contributed by atoms with Crippen molar-refractivity contribution < 1.29 is 56.7 Å². The first-order valence-electron chi connectivity index (χ1n) is 7.15. The molecule has 144 valence electrons. The Morgan fingerprint density at radius 2 is 0.571 bits per heavy atom. The summed E-state index contributed by atoms with van der Waals surface area (Å²) < 4.78 is 0. The molecule has 0 heterocycles. The van der Waals surface area contributed by atoms with Crippen molar-refractivity contribution >= 4 is 0 Å². The van der Waals surface area contributed by atoms with Crippen molar-refractivity contribution in [3.8, 4) is 18.2 Å². The topological polar surface area (TPSA) is 71.4 Å². The van der Waals surface area contributed by atoms with Crippen molar-refractivity contribution in [2.45, 2.75) is 0 Å². The van der Waals surface area contributed by atoms with E-state index in [0.717, 1.165) is 0 Å². The van der Waals surface area contributed by atoms with Crippen LogP contribution < -0.4 is 37.2 Å². The van der Waals surface area contributed by atoms with E-state index in [-0.39, 0.29) is 56.7 Å². The van der Waals surface area contributed by atoms with Crippen molar-refractivity contribution in [2.24, 2.45) is 0 Å². The molecule has 0 N–H and O–H groups in total. The third kappa shape index (κ3) is 15.8. The van der Waals surface area contributed by atoms with Gasteiger partial charge in [0, 0.05) is 0 Å². The van der Waals surface area contributed by atoms with Crippen LogP contribution in [0.1, 0.15) is 16.7 Å². The van der Waals surface area contributed by atoms with Crippen LogP contribution in [0.4, 0.5) is 0 Å². The van der Waals surface area contributed by atoms with Gasteiger partial charge in [0.05, 0.1) is 34.9 Å². The van der Waals surface area contributed by atoms with Crippen LogP contribution in [0.15, 0.2) is 91.0 Å². The Bertz CT molecular complexity index is 724. The maximum Gasteiger partial charge on any atom is 3.00 e. The molecule has 0 saturated heterocycles. The van der Waals surface area contributed by atoms with E-state index in [2.05, 4.69) is 0 Å². The molecule has 3 rings (SSSR count). The number of nitrogens with zero attached hydrogens (tertiary/aromatic N) is 3. The average Bonchev–Trinajstić information content (AvgIpc) is 2.71. The third-order valence-corrected chi connectivity index (χ3v) is 2.71. The van der Waals surface area contributed by atoms with Gasteiger partial charge in [-0.1, -0.05) is 54.6 Å². The monoisotopic (exact) mass is 517 g/mol. The Labute approximate surface area is 197 Å². The molecular weight excluding hydrogens is 504 g/mol. The summed E-state index contributed by atoms with van der Waals surface area (Å²) in [5, 5.41) is 24.9. The number of nitriles is 3. The van der Waals surface area contributed by atoms with E-state index in [1.165, 1.54) is 0 Å². The van der Waals surface area contributed by atoms with Crippen molar-refractivity contribution in [1.29, 1.82) is 15.8 Å². The second-order valence-electron chi connectivity index (χ2n) is 4.43. The van der Waals surface area contributed by atoms with Crippen molar-refractivity contribution in [3.63, 3.8) is 0 Å². The molecule has 0 fully saturated rings. The average molecular weight is 519 g/mol. The predicted octanol–water partition coefficient (Wildman–Crippen LogP) is -4.32. The summed E-state index contributed by atoms with van der Waals surface area (Å²) in [7, 11) is 0. The summed E-state index contributed by atoms with van der Waals surface area (Å²) in [4.78, 5) is 0. The Morgan fingerprint density at radius 3 is 0.679 bits per heavy atom. The Kier molecular flexibility index (Phi) is 26.9. The molecule has 0 aliphatic heterocycles. The fourth-order valence-corrected chi connectivity index (χ4v) is 1.54. The SMILES string of the molecule is N#Cc1ccccc1.N#Cc1ccccc1.N#Cc1ccccc1.[Cl-].[Cl-].[Cl-].[Rh+3]. The van der Waals surface area contributed by atoms with E-state index in [4.69, 9.17) is 15.8 Å². The molecule has 3 aromatic carbocycles. The van der Waals surface area contributed by atoms with Crippen LogP contribution in [-0.2, 0) is 19.5 Å². The Morgan fingerprint density at radius 1 is 0.393 bits per heavy atom. The standard InChI is InChI=1S/3C7H5N.3ClH.Rh/c3*8-6-7-4-2-1-3-5-7;;;;/h3*1-5H;3*1H;/q;;;;;;+3/p-3. The minimum atomic E-state index is 0. The van der Waals surface area contributed by atoms with Gasteiger partial charge in [0.15, 0.2) is 0 Å². The van der Waals surface area contributed by atoms with Gasteiger partial charge < -0.3 is 37.2 Å². The molecular formula is C21H15Cl3N3Rh. The second kappa shape index (κ2) is 22.7. The van der Waals surface area contributed by atoms with Gasteiger partial charge in [0.2, 0.25) is 0 Å². The summed E-state index contributed by atoms with van der Waals surface area (Å²) in [6.45, 7) is 0. The summed E-state index contributed by atoms with van der Waals surface area (Å²) in [5.41, 5.74) is 2.15. The molecule has 7 heteroatoms. The number of hydrogen-bond acceptors (Lipinski definition) is 3. The van der Waals surface area contributed by atoms with Crippen LogP contribution >= 0.6 is 0 Å². The molecule has 3 nitrogen and oxygen atoms in total. The summed E-state index contributed by atoms with van der Waals surface area (Å²) in [5.74, 6) is 0. The predicted molar refractivity (Wildman–Crippen MR) is 93.5 cm³/mol. The first-order valence-corrected chi connectivity index (χ1v) is 7.15. The van der Waals surface area contributed by atoms with Crippen molar-refractivity contribution in [1.82, 2.24) is 0 Å². The van der Waals surface area contributed by atoms with Crippen LogP contribution in [0.25, 0.3) is 0 Å². The van der Waals surface area contributed by atoms with E-state index in [9.17, 15) is 0 Å². The van der Waals surface area contributed by atoms with Crippen LogP contribution in [0.3, 0.4) is 0 Å². The zero-order valence-corrected chi connectivity index (χ0v) is 18.4. The maximum atomic E-state index is 8.29. The van der Waals surface area contributed by atoms with Crippen LogP contribution in [0.2, 0.25) is 0 Å². The van der Waals surface area contributed by atoms with Gasteiger partial charge >= 0.3 is 19.5 Å². The summed E-state index contributed by atoms with van der Waals surface area (Å²) in [6.07, 6.45) is 0. The van der Waals surface area contributed by atoms with Crippen LogP contribution in [0, 0.1) is 34.0 Å². The van der Waals surface area contributed by atoms with E-state index >= 15 is 0 Å². The molecule has 0 atom stereocenters. The van der Waals surface area contributed by atoms with E-state index < -0.39 is 0 Å². The quantitative estimate of drug-likeness (QED) is 0.283. The molecule has 3 aromatic rings. The molecule has 0 radical (unpaired) electrons. The fourth-order valence-electron chi connectivity index (χ4n) is 1.54. The minimum Gasteiger partial charge on any atom is -1.00 e. The van der Waals surface area contributed by atoms with Crippen molar-refractivity contribution in [3.05, 3.63) is 108 Å². The Hall–Kier alpha value is -2.38. The minimum absolute atomic E-state index is 0. The second-order valence-corrected chi connectivity index (χ2v) is 4.43. The van der Waals surface area contributed by atoms with Gasteiger partial charge in [0.1, 0.15) is 0 Å². The maximum absolute atomic E-state index is 8.29. The summed E-state index contributed by atoms with van der Waals surface area (Å²) >= 11 is 0. The number of hydrogen-bond donors (Lipinski definition) is 0. The van der Waals surface area contributed by atoms with Gasteiger partial charge in [-0.2, -0.15) is 15.8 Å². The molecule has 0 aliphatic rings. The Balaban J connectivity index is -0.000000144. The normalized spacial score (nSPS) is 6.75. The summed E-state index contributed by atoms with van der Waals surface area (Å²) in [6, 6.07) is 33.5. The van der Waals surface area contributed by atoms with E-state index in [1.54, 1.807) is 36.4 Å². The number of benzene rings is 3. The molecule has 0 spiro atoms. The van der Waals surface area contributed by atoms with E-state index in [1.807, 2.05) is 72.8 Å². The zero-order chi connectivity index (χ0) is 17.5. The zero-order valence-electron chi connectivity index (χ0n) is 14.5. The molecule has 28 heavy (non-hydrogen) atoms. The molecule has 0 saturated carbocycles. The van der Waals surface area contributed by atoms with Crippen molar-refractivity contribution in [2.75, 3.05) is 0 Å². The van der Waals surface area contributed by atoms with Crippen LogP contribution in [-0.4, -0.2) is 0 Å². The molecule has 0 bridgehead atoms. The fraction of sp³-hybridized carbons (Fsp3) is 0. The largest absolute Gasteiger partial charge is 3.00 e. The number of halogens is 3. The molecule has 0 unspecified atom stereocenters. The van der Waals surface area contributed by atoms with Gasteiger partial charge in [-0.05, 0) is 36.4 Å². The van der Waals surface area contributed by atoms with E-state index in [0.29, 0.717) is 16.7 Å². The first kappa shape index (κ1) is 33.2. The smallest absolute Gasteiger partial charge is 1.00 e. The number of rotatable bonds is 0. The molecule has 0 amide bonds. The van der Waals surface area contributed by atoms with Gasteiger partial charge in [-0.25, -0.2) is 0 Å². The van der Waals surface area contributed by atoms with Gasteiger partial charge in [0.25, 0.3) is 0 Å². The van der Waals surface area contributed by atoms with Crippen LogP contribution in [0.5, 0.6) is 0 Å². The molecule has 0 aliphatic carbocycles. The molecule has 0 aromatic heterocycles. The first-order chi connectivity index (χ1) is 11.8.